The average Bonchev–Trinajstić information content (AvgIpc) is 2.76. The fourth-order valence-electron chi connectivity index (χ4n) is 5.80. The number of nitrogens with zero attached hydrogens (tertiary/aromatic N) is 3. The summed E-state index contributed by atoms with van der Waals surface area (Å²) in [6.07, 6.45) is 7.50. The SMILES string of the molecule is CN(C)C(=O)N[C@@H]1CCC2(CCN(C3CCN(S(C)(=O)=O)CC3)CC2)c2ccccc21.[HH]. The molecule has 0 radical (unpaired) electrons. The number of amides is 2. The van der Waals surface area contributed by atoms with Crippen molar-refractivity contribution in [1.29, 1.82) is 0 Å². The lowest BCUT2D eigenvalue weighted by Crippen LogP contribution is -2.52. The zero-order valence-corrected chi connectivity index (χ0v) is 19.8. The molecule has 0 saturated carbocycles. The summed E-state index contributed by atoms with van der Waals surface area (Å²) in [5.74, 6) is 0. The number of likely N-dealkylation sites (tertiary alicyclic amines) is 1. The number of nitrogens with one attached hydrogen (secondary N) is 1. The maximum atomic E-state index is 12.3. The van der Waals surface area contributed by atoms with Gasteiger partial charge >= 0.3 is 6.03 Å². The Morgan fingerprint density at radius 1 is 1.06 bits per heavy atom. The third-order valence-corrected chi connectivity index (χ3v) is 8.99. The van der Waals surface area contributed by atoms with E-state index in [1.54, 1.807) is 23.3 Å². The van der Waals surface area contributed by atoms with Crippen molar-refractivity contribution in [2.24, 2.45) is 0 Å². The summed E-state index contributed by atoms with van der Waals surface area (Å²) < 4.78 is 25.2. The van der Waals surface area contributed by atoms with Crippen LogP contribution < -0.4 is 5.32 Å². The van der Waals surface area contributed by atoms with Crippen molar-refractivity contribution in [2.45, 2.75) is 56.0 Å². The minimum atomic E-state index is -3.07. The van der Waals surface area contributed by atoms with Crippen LogP contribution in [0, 0.1) is 0 Å². The number of benzene rings is 1. The number of urea groups is 1. The Morgan fingerprint density at radius 3 is 2.32 bits per heavy atom. The standard InChI is InChI=1S/C23H36N4O3S.H2/c1-25(2)22(28)24-21-8-11-23(20-7-5-4-6-19(20)21)12-16-26(17-13-23)18-9-14-27(15-10-18)31(3,29)30;/h4-7,18,21H,8-17H2,1-3H3,(H,24,28);1H/t21-;/m1./s1. The fourth-order valence-corrected chi connectivity index (χ4v) is 6.67. The van der Waals surface area contributed by atoms with Crippen molar-refractivity contribution < 1.29 is 14.6 Å². The molecule has 174 valence electrons. The van der Waals surface area contributed by atoms with E-state index >= 15 is 0 Å². The lowest BCUT2D eigenvalue weighted by Gasteiger charge is -2.49. The highest BCUT2D eigenvalue weighted by Crippen LogP contribution is 2.48. The second kappa shape index (κ2) is 8.71. The van der Waals surface area contributed by atoms with E-state index < -0.39 is 10.0 Å². The van der Waals surface area contributed by atoms with E-state index in [1.165, 1.54) is 17.4 Å². The first-order valence-electron chi connectivity index (χ1n) is 11.5. The highest BCUT2D eigenvalue weighted by atomic mass is 32.2. The number of rotatable bonds is 3. The Bertz CT molecular complexity index is 908. The summed E-state index contributed by atoms with van der Waals surface area (Å²) in [6, 6.07) is 9.19. The minimum Gasteiger partial charge on any atom is -0.331 e. The van der Waals surface area contributed by atoms with Crippen LogP contribution in [0.25, 0.3) is 0 Å². The molecule has 2 saturated heterocycles. The average molecular weight is 451 g/mol. The van der Waals surface area contributed by atoms with Gasteiger partial charge in [0.2, 0.25) is 10.0 Å². The minimum absolute atomic E-state index is 0. The molecule has 4 rings (SSSR count). The van der Waals surface area contributed by atoms with Crippen molar-refractivity contribution in [3.63, 3.8) is 0 Å². The van der Waals surface area contributed by atoms with Crippen molar-refractivity contribution in [1.82, 2.24) is 19.4 Å². The Balaban J connectivity index is 0.00000289. The molecular weight excluding hydrogens is 412 g/mol. The number of fused-ring (bicyclic) bond motifs is 2. The van der Waals surface area contributed by atoms with Crippen LogP contribution in [0.2, 0.25) is 0 Å². The van der Waals surface area contributed by atoms with E-state index in [2.05, 4.69) is 34.5 Å². The van der Waals surface area contributed by atoms with Gasteiger partial charge in [-0.1, -0.05) is 24.3 Å². The number of sulfonamides is 1. The van der Waals surface area contributed by atoms with E-state index in [9.17, 15) is 13.2 Å². The molecule has 31 heavy (non-hydrogen) atoms. The van der Waals surface area contributed by atoms with Crippen LogP contribution in [0.4, 0.5) is 4.79 Å². The molecule has 1 aliphatic carbocycles. The smallest absolute Gasteiger partial charge is 0.317 e. The van der Waals surface area contributed by atoms with Gasteiger partial charge in [0.25, 0.3) is 0 Å². The first-order valence-corrected chi connectivity index (χ1v) is 13.3. The van der Waals surface area contributed by atoms with Crippen LogP contribution in [-0.4, -0.2) is 81.1 Å². The topological polar surface area (TPSA) is 73.0 Å². The molecule has 1 aromatic rings. The van der Waals surface area contributed by atoms with E-state index in [0.717, 1.165) is 51.6 Å². The zero-order valence-electron chi connectivity index (χ0n) is 19.0. The van der Waals surface area contributed by atoms with Crippen LogP contribution in [0.15, 0.2) is 24.3 Å². The number of hydrogen-bond acceptors (Lipinski definition) is 4. The molecule has 1 spiro atoms. The molecule has 2 heterocycles. The molecule has 2 aliphatic heterocycles. The molecular formula is C23H38N4O3S. The van der Waals surface area contributed by atoms with Gasteiger partial charge in [0.15, 0.2) is 0 Å². The summed E-state index contributed by atoms with van der Waals surface area (Å²) in [6.45, 7) is 3.40. The van der Waals surface area contributed by atoms with Gasteiger partial charge in [-0.25, -0.2) is 17.5 Å². The molecule has 0 bridgehead atoms. The largest absolute Gasteiger partial charge is 0.331 e. The fraction of sp³-hybridized carbons (Fsp3) is 0.696. The highest BCUT2D eigenvalue weighted by Gasteiger charge is 2.43. The highest BCUT2D eigenvalue weighted by molar-refractivity contribution is 7.88. The van der Waals surface area contributed by atoms with Gasteiger partial charge in [-0.05, 0) is 68.2 Å². The molecule has 1 N–H and O–H groups in total. The first kappa shape index (κ1) is 22.6. The van der Waals surface area contributed by atoms with Gasteiger partial charge in [0.05, 0.1) is 12.3 Å². The van der Waals surface area contributed by atoms with Gasteiger partial charge in [-0.3, -0.25) is 0 Å². The Hall–Kier alpha value is -1.64. The van der Waals surface area contributed by atoms with E-state index in [4.69, 9.17) is 0 Å². The predicted molar refractivity (Wildman–Crippen MR) is 125 cm³/mol. The molecule has 1 atom stereocenters. The lowest BCUT2D eigenvalue weighted by atomic mass is 9.63. The summed E-state index contributed by atoms with van der Waals surface area (Å²) in [7, 11) is 0.486. The van der Waals surface area contributed by atoms with Crippen molar-refractivity contribution in [3.8, 4) is 0 Å². The third kappa shape index (κ3) is 4.61. The molecule has 0 unspecified atom stereocenters. The number of carbonyl (C=O) groups excluding carboxylic acids is 1. The van der Waals surface area contributed by atoms with E-state index in [1.807, 2.05) is 0 Å². The van der Waals surface area contributed by atoms with Crippen LogP contribution in [0.1, 0.15) is 57.1 Å². The lowest BCUT2D eigenvalue weighted by molar-refractivity contribution is 0.0762. The molecule has 2 fully saturated rings. The number of carbonyl (C=O) groups is 1. The van der Waals surface area contributed by atoms with Crippen molar-refractivity contribution in [3.05, 3.63) is 35.4 Å². The van der Waals surface area contributed by atoms with Crippen LogP contribution in [-0.2, 0) is 15.4 Å². The van der Waals surface area contributed by atoms with Gasteiger partial charge in [0.1, 0.15) is 0 Å². The Labute approximate surface area is 188 Å². The molecule has 0 aromatic heterocycles. The second-order valence-electron chi connectivity index (χ2n) is 9.73. The summed E-state index contributed by atoms with van der Waals surface area (Å²) in [4.78, 5) is 16.4. The molecule has 2 amide bonds. The first-order chi connectivity index (χ1) is 14.7. The summed E-state index contributed by atoms with van der Waals surface area (Å²) in [5.41, 5.74) is 2.88. The maximum absolute atomic E-state index is 12.3. The second-order valence-corrected chi connectivity index (χ2v) is 11.7. The summed E-state index contributed by atoms with van der Waals surface area (Å²) in [5, 5.41) is 3.20. The predicted octanol–water partition coefficient (Wildman–Crippen LogP) is 2.80. The Morgan fingerprint density at radius 2 is 1.71 bits per heavy atom. The summed E-state index contributed by atoms with van der Waals surface area (Å²) >= 11 is 0. The molecule has 8 heteroatoms. The van der Waals surface area contributed by atoms with Gasteiger partial charge in [-0.15, -0.1) is 0 Å². The molecule has 7 nitrogen and oxygen atoms in total. The van der Waals surface area contributed by atoms with Crippen LogP contribution in [0.3, 0.4) is 0 Å². The Kier molecular flexibility index (Phi) is 6.34. The van der Waals surface area contributed by atoms with Gasteiger partial charge < -0.3 is 15.1 Å². The van der Waals surface area contributed by atoms with E-state index in [-0.39, 0.29) is 18.9 Å². The van der Waals surface area contributed by atoms with Crippen molar-refractivity contribution >= 4 is 16.1 Å². The van der Waals surface area contributed by atoms with Crippen molar-refractivity contribution in [2.75, 3.05) is 46.5 Å². The monoisotopic (exact) mass is 450 g/mol. The third-order valence-electron chi connectivity index (χ3n) is 7.69. The maximum Gasteiger partial charge on any atom is 0.317 e. The molecule has 1 aromatic carbocycles. The van der Waals surface area contributed by atoms with Gasteiger partial charge in [-0.2, -0.15) is 0 Å². The quantitative estimate of drug-likeness (QED) is 0.769. The molecule has 3 aliphatic rings. The normalized spacial score (nSPS) is 25.2. The number of piperidine rings is 2. The van der Waals surface area contributed by atoms with E-state index in [0.29, 0.717) is 19.1 Å². The van der Waals surface area contributed by atoms with Crippen LogP contribution in [0.5, 0.6) is 0 Å². The van der Waals surface area contributed by atoms with Gasteiger partial charge in [0, 0.05) is 34.7 Å². The number of hydrogen-bond donors (Lipinski definition) is 1. The van der Waals surface area contributed by atoms with Crippen LogP contribution >= 0.6 is 0 Å². The zero-order chi connectivity index (χ0) is 22.2.